The molecule has 1 aliphatic rings. The number of sulfonamides is 1. The Morgan fingerprint density at radius 3 is 2.75 bits per heavy atom. The van der Waals surface area contributed by atoms with Crippen molar-refractivity contribution in [2.75, 3.05) is 0 Å². The van der Waals surface area contributed by atoms with Crippen LogP contribution in [0.25, 0.3) is 0 Å². The number of aryl methyl sites for hydroxylation is 1. The molecule has 5 nitrogen and oxygen atoms in total. The highest BCUT2D eigenvalue weighted by Gasteiger charge is 2.27. The summed E-state index contributed by atoms with van der Waals surface area (Å²) >= 11 is 0. The first kappa shape index (κ1) is 11.3. The second kappa shape index (κ2) is 4.03. The molecule has 1 fully saturated rings. The van der Waals surface area contributed by atoms with E-state index in [1.54, 1.807) is 6.07 Å². The van der Waals surface area contributed by atoms with Crippen LogP contribution in [0.1, 0.15) is 25.3 Å². The van der Waals surface area contributed by atoms with Crippen molar-refractivity contribution in [3.8, 4) is 5.75 Å². The van der Waals surface area contributed by atoms with Gasteiger partial charge in [0.25, 0.3) is 10.0 Å². The zero-order valence-electron chi connectivity index (χ0n) is 9.01. The first-order chi connectivity index (χ1) is 7.50. The van der Waals surface area contributed by atoms with E-state index in [0.29, 0.717) is 0 Å². The minimum atomic E-state index is -3.81. The average Bonchev–Trinajstić information content (AvgIpc) is 3.00. The summed E-state index contributed by atoms with van der Waals surface area (Å²) in [7, 11) is -3.81. The Hall–Kier alpha value is -1.14. The lowest BCUT2D eigenvalue weighted by Gasteiger charge is -2.09. The molecule has 0 unspecified atom stereocenters. The first-order valence-corrected chi connectivity index (χ1v) is 6.73. The summed E-state index contributed by atoms with van der Waals surface area (Å²) in [4.78, 5) is 3.86. The fourth-order valence-electron chi connectivity index (χ4n) is 1.33. The topological polar surface area (TPSA) is 82.3 Å². The van der Waals surface area contributed by atoms with Crippen molar-refractivity contribution >= 4 is 10.0 Å². The zero-order chi connectivity index (χ0) is 11.8. The molecule has 2 rings (SSSR count). The molecule has 0 amide bonds. The lowest BCUT2D eigenvalue weighted by atomic mass is 10.2. The highest BCUT2D eigenvalue weighted by molar-refractivity contribution is 7.89. The van der Waals surface area contributed by atoms with Gasteiger partial charge in [-0.25, -0.2) is 18.5 Å². The third kappa shape index (κ3) is 2.51. The summed E-state index contributed by atoms with van der Waals surface area (Å²) in [6, 6.07) is 1.70. The largest absolute Gasteiger partial charge is 0.487 e. The van der Waals surface area contributed by atoms with E-state index in [2.05, 4.69) is 4.98 Å². The number of nitrogens with two attached hydrogens (primary N) is 1. The number of primary sulfonamides is 1. The fraction of sp³-hybridized carbons (Fsp3) is 0.500. The van der Waals surface area contributed by atoms with Gasteiger partial charge in [0.15, 0.2) is 5.75 Å². The van der Waals surface area contributed by atoms with Crippen LogP contribution in [0.2, 0.25) is 0 Å². The van der Waals surface area contributed by atoms with Gasteiger partial charge in [0.05, 0.1) is 6.10 Å². The molecule has 1 heterocycles. The standard InChI is InChI=1S/C10H14N2O3S/c1-2-7-5-9(15-8-3-4-8)10(12-6-7)16(11,13)14/h5-6,8H,2-4H2,1H3,(H2,11,13,14). The maximum absolute atomic E-state index is 11.3. The van der Waals surface area contributed by atoms with Crippen LogP contribution in [0.5, 0.6) is 5.75 Å². The second-order valence-electron chi connectivity index (χ2n) is 3.86. The maximum atomic E-state index is 11.3. The van der Waals surface area contributed by atoms with Gasteiger partial charge >= 0.3 is 0 Å². The van der Waals surface area contributed by atoms with Crippen molar-refractivity contribution in [3.63, 3.8) is 0 Å². The molecule has 0 aromatic carbocycles. The molecule has 1 aliphatic carbocycles. The van der Waals surface area contributed by atoms with Crippen LogP contribution in [-0.4, -0.2) is 19.5 Å². The van der Waals surface area contributed by atoms with Crippen LogP contribution >= 0.6 is 0 Å². The molecule has 0 atom stereocenters. The van der Waals surface area contributed by atoms with E-state index in [0.717, 1.165) is 24.8 Å². The van der Waals surface area contributed by atoms with Crippen LogP contribution in [-0.2, 0) is 16.4 Å². The van der Waals surface area contributed by atoms with Crippen LogP contribution in [0.3, 0.4) is 0 Å². The average molecular weight is 242 g/mol. The van der Waals surface area contributed by atoms with Gasteiger partial charge in [-0.05, 0) is 30.9 Å². The van der Waals surface area contributed by atoms with Gasteiger partial charge < -0.3 is 4.74 Å². The van der Waals surface area contributed by atoms with Gasteiger partial charge in [-0.15, -0.1) is 0 Å². The molecule has 0 radical (unpaired) electrons. The van der Waals surface area contributed by atoms with Crippen LogP contribution in [0, 0.1) is 0 Å². The number of hydrogen-bond donors (Lipinski definition) is 1. The Balaban J connectivity index is 2.41. The molecule has 1 aromatic rings. The van der Waals surface area contributed by atoms with Crippen molar-refractivity contribution in [1.82, 2.24) is 4.98 Å². The van der Waals surface area contributed by atoms with Crippen molar-refractivity contribution in [2.45, 2.75) is 37.3 Å². The van der Waals surface area contributed by atoms with E-state index >= 15 is 0 Å². The fourth-order valence-corrected chi connectivity index (χ4v) is 1.92. The van der Waals surface area contributed by atoms with E-state index in [4.69, 9.17) is 9.88 Å². The molecule has 1 aromatic heterocycles. The molecule has 2 N–H and O–H groups in total. The highest BCUT2D eigenvalue weighted by atomic mass is 32.2. The monoisotopic (exact) mass is 242 g/mol. The van der Waals surface area contributed by atoms with E-state index in [1.807, 2.05) is 6.92 Å². The van der Waals surface area contributed by atoms with E-state index < -0.39 is 10.0 Å². The minimum absolute atomic E-state index is 0.120. The Morgan fingerprint density at radius 2 is 2.25 bits per heavy atom. The Bertz CT molecular complexity index is 495. The number of ether oxygens (including phenoxy) is 1. The highest BCUT2D eigenvalue weighted by Crippen LogP contribution is 2.30. The smallest absolute Gasteiger partial charge is 0.259 e. The van der Waals surface area contributed by atoms with Gasteiger partial charge in [0.1, 0.15) is 0 Å². The van der Waals surface area contributed by atoms with Crippen molar-refractivity contribution in [1.29, 1.82) is 0 Å². The third-order valence-electron chi connectivity index (χ3n) is 2.37. The van der Waals surface area contributed by atoms with Gasteiger partial charge in [0, 0.05) is 6.20 Å². The quantitative estimate of drug-likeness (QED) is 0.847. The normalized spacial score (nSPS) is 16.1. The van der Waals surface area contributed by atoms with Crippen molar-refractivity contribution in [2.24, 2.45) is 5.14 Å². The lowest BCUT2D eigenvalue weighted by molar-refractivity contribution is 0.292. The van der Waals surface area contributed by atoms with Gasteiger partial charge in [-0.2, -0.15) is 0 Å². The Kier molecular flexibility index (Phi) is 2.86. The summed E-state index contributed by atoms with van der Waals surface area (Å²) in [5.41, 5.74) is 0.933. The van der Waals surface area contributed by atoms with Crippen molar-refractivity contribution in [3.05, 3.63) is 17.8 Å². The minimum Gasteiger partial charge on any atom is -0.487 e. The second-order valence-corrected chi connectivity index (χ2v) is 5.34. The zero-order valence-corrected chi connectivity index (χ0v) is 9.83. The van der Waals surface area contributed by atoms with Gasteiger partial charge in [-0.1, -0.05) is 6.92 Å². The molecule has 0 spiro atoms. The molecule has 0 aliphatic heterocycles. The Labute approximate surface area is 94.7 Å². The molecular weight excluding hydrogens is 228 g/mol. The molecule has 0 bridgehead atoms. The molecule has 1 saturated carbocycles. The number of pyridine rings is 1. The predicted octanol–water partition coefficient (Wildman–Crippen LogP) is 0.833. The van der Waals surface area contributed by atoms with Crippen LogP contribution in [0.4, 0.5) is 0 Å². The summed E-state index contributed by atoms with van der Waals surface area (Å²) < 4.78 is 28.1. The summed E-state index contributed by atoms with van der Waals surface area (Å²) in [5, 5.41) is 4.91. The first-order valence-electron chi connectivity index (χ1n) is 5.19. The number of aromatic nitrogens is 1. The molecule has 16 heavy (non-hydrogen) atoms. The van der Waals surface area contributed by atoms with E-state index in [9.17, 15) is 8.42 Å². The summed E-state index contributed by atoms with van der Waals surface area (Å²) in [6.07, 6.45) is 4.33. The third-order valence-corrected chi connectivity index (χ3v) is 3.22. The lowest BCUT2D eigenvalue weighted by Crippen LogP contribution is -2.16. The van der Waals surface area contributed by atoms with Gasteiger partial charge in [0.2, 0.25) is 5.03 Å². The summed E-state index contributed by atoms with van der Waals surface area (Å²) in [5.74, 6) is 0.282. The SMILES string of the molecule is CCc1cnc(S(N)(=O)=O)c(OC2CC2)c1. The molecule has 88 valence electrons. The predicted molar refractivity (Wildman–Crippen MR) is 58.6 cm³/mol. The van der Waals surface area contributed by atoms with Gasteiger partial charge in [-0.3, -0.25) is 0 Å². The van der Waals surface area contributed by atoms with E-state index in [1.165, 1.54) is 6.20 Å². The van der Waals surface area contributed by atoms with Crippen molar-refractivity contribution < 1.29 is 13.2 Å². The van der Waals surface area contributed by atoms with Crippen LogP contribution in [0.15, 0.2) is 17.3 Å². The van der Waals surface area contributed by atoms with E-state index in [-0.39, 0.29) is 16.9 Å². The molecular formula is C10H14N2O3S. The van der Waals surface area contributed by atoms with Crippen LogP contribution < -0.4 is 9.88 Å². The summed E-state index contributed by atoms with van der Waals surface area (Å²) in [6.45, 7) is 1.97. The number of hydrogen-bond acceptors (Lipinski definition) is 4. The molecule has 6 heteroatoms. The number of nitrogens with zero attached hydrogens (tertiary/aromatic N) is 1. The molecule has 0 saturated heterocycles. The Morgan fingerprint density at radius 1 is 1.56 bits per heavy atom. The number of rotatable bonds is 4. The maximum Gasteiger partial charge on any atom is 0.259 e.